The van der Waals surface area contributed by atoms with Gasteiger partial charge in [-0.15, -0.1) is 20.4 Å². The summed E-state index contributed by atoms with van der Waals surface area (Å²) in [4.78, 5) is 35.6. The van der Waals surface area contributed by atoms with Gasteiger partial charge in [-0.2, -0.15) is 0 Å². The molecule has 4 rings (SSSR count). The minimum Gasteiger partial charge on any atom is -0.507 e. The SMILES string of the molecule is COc1cc(C(=O)C(=O)OCCOc2ccccc2-c2nnc(-c3ccccc3O)nn2)c([N+](=O)[O-])cc1OC. The number of nitrogens with zero attached hydrogens (tertiary/aromatic N) is 5. The molecule has 0 saturated carbocycles. The topological polar surface area (TPSA) is 186 Å². The minimum atomic E-state index is -1.32. The highest BCUT2D eigenvalue weighted by Gasteiger charge is 2.29. The van der Waals surface area contributed by atoms with Crippen LogP contribution in [-0.4, -0.2) is 69.6 Å². The third kappa shape index (κ3) is 5.91. The Bertz CT molecular complexity index is 1560. The fourth-order valence-corrected chi connectivity index (χ4v) is 3.55. The number of ketones is 1. The summed E-state index contributed by atoms with van der Waals surface area (Å²) in [6.45, 7) is -0.509. The molecule has 4 aromatic rings. The second-order valence-corrected chi connectivity index (χ2v) is 7.86. The van der Waals surface area contributed by atoms with E-state index in [4.69, 9.17) is 18.9 Å². The molecule has 40 heavy (non-hydrogen) atoms. The molecule has 0 atom stereocenters. The van der Waals surface area contributed by atoms with Crippen LogP contribution in [0.2, 0.25) is 0 Å². The van der Waals surface area contributed by atoms with Gasteiger partial charge in [-0.1, -0.05) is 24.3 Å². The number of aromatic nitrogens is 4. The van der Waals surface area contributed by atoms with Gasteiger partial charge in [-0.25, -0.2) is 4.79 Å². The fraction of sp³-hybridized carbons (Fsp3) is 0.154. The summed E-state index contributed by atoms with van der Waals surface area (Å²) >= 11 is 0. The van der Waals surface area contributed by atoms with Crippen molar-refractivity contribution in [3.05, 3.63) is 76.3 Å². The Morgan fingerprint density at radius 2 is 1.40 bits per heavy atom. The summed E-state index contributed by atoms with van der Waals surface area (Å²) in [6, 6.07) is 15.2. The maximum absolute atomic E-state index is 12.6. The molecule has 0 fully saturated rings. The number of aromatic hydroxyl groups is 1. The van der Waals surface area contributed by atoms with Crippen molar-refractivity contribution in [1.82, 2.24) is 20.4 Å². The van der Waals surface area contributed by atoms with Crippen molar-refractivity contribution in [3.63, 3.8) is 0 Å². The summed E-state index contributed by atoms with van der Waals surface area (Å²) in [5.74, 6) is -1.92. The standard InChI is InChI=1S/C26H21N5O9/c1-37-21-13-17(18(31(35)36)14-22(21)38-2)23(33)26(34)40-12-11-39-20-10-6-4-8-16(20)25-29-27-24(28-30-25)15-7-3-5-9-19(15)32/h3-10,13-14,32H,11-12H2,1-2H3. The van der Waals surface area contributed by atoms with Crippen LogP contribution in [-0.2, 0) is 9.53 Å². The number of rotatable bonds is 11. The zero-order chi connectivity index (χ0) is 28.6. The molecular formula is C26H21N5O9. The summed E-state index contributed by atoms with van der Waals surface area (Å²) in [5, 5.41) is 37.6. The lowest BCUT2D eigenvalue weighted by molar-refractivity contribution is -0.385. The lowest BCUT2D eigenvalue weighted by atomic mass is 10.1. The van der Waals surface area contributed by atoms with Crippen LogP contribution >= 0.6 is 0 Å². The number of hydrogen-bond acceptors (Lipinski definition) is 13. The van der Waals surface area contributed by atoms with Gasteiger partial charge in [0.1, 0.15) is 30.3 Å². The predicted octanol–water partition coefficient (Wildman–Crippen LogP) is 3.04. The van der Waals surface area contributed by atoms with Crippen LogP contribution in [0.15, 0.2) is 60.7 Å². The van der Waals surface area contributed by atoms with Crippen LogP contribution in [0, 0.1) is 10.1 Å². The van der Waals surface area contributed by atoms with E-state index in [9.17, 15) is 24.8 Å². The molecular weight excluding hydrogens is 526 g/mol. The molecule has 1 heterocycles. The number of methoxy groups -OCH3 is 2. The van der Waals surface area contributed by atoms with Gasteiger partial charge in [0, 0.05) is 6.07 Å². The Hall–Kier alpha value is -5.66. The number of hydrogen-bond donors (Lipinski definition) is 1. The highest BCUT2D eigenvalue weighted by atomic mass is 16.6. The molecule has 0 saturated heterocycles. The van der Waals surface area contributed by atoms with E-state index in [0.29, 0.717) is 16.9 Å². The van der Waals surface area contributed by atoms with E-state index in [2.05, 4.69) is 20.4 Å². The maximum Gasteiger partial charge on any atom is 0.380 e. The summed E-state index contributed by atoms with van der Waals surface area (Å²) in [7, 11) is 2.56. The van der Waals surface area contributed by atoms with Crippen molar-refractivity contribution >= 4 is 17.4 Å². The first-order valence-corrected chi connectivity index (χ1v) is 11.5. The maximum atomic E-state index is 12.6. The number of Topliss-reactive ketones (excluding diaryl/α,β-unsaturated/α-hetero) is 1. The molecule has 0 radical (unpaired) electrons. The third-order valence-electron chi connectivity index (χ3n) is 5.45. The van der Waals surface area contributed by atoms with E-state index in [1.807, 2.05) is 0 Å². The second-order valence-electron chi connectivity index (χ2n) is 7.86. The van der Waals surface area contributed by atoms with Gasteiger partial charge in [0.2, 0.25) is 11.6 Å². The predicted molar refractivity (Wildman–Crippen MR) is 137 cm³/mol. The van der Waals surface area contributed by atoms with Gasteiger partial charge in [0.25, 0.3) is 11.5 Å². The molecule has 1 aromatic heterocycles. The van der Waals surface area contributed by atoms with Crippen molar-refractivity contribution in [2.75, 3.05) is 27.4 Å². The van der Waals surface area contributed by atoms with Crippen LogP contribution in [0.25, 0.3) is 22.8 Å². The zero-order valence-electron chi connectivity index (χ0n) is 21.1. The number of ether oxygens (including phenoxy) is 4. The molecule has 0 aliphatic rings. The number of carbonyl (C=O) groups is 2. The number of esters is 1. The molecule has 0 amide bonds. The van der Waals surface area contributed by atoms with Crippen LogP contribution in [0.1, 0.15) is 10.4 Å². The number of para-hydroxylation sites is 2. The van der Waals surface area contributed by atoms with Crippen molar-refractivity contribution in [2.24, 2.45) is 0 Å². The molecule has 0 spiro atoms. The largest absolute Gasteiger partial charge is 0.507 e. The average molecular weight is 547 g/mol. The zero-order valence-corrected chi connectivity index (χ0v) is 21.1. The minimum absolute atomic E-state index is 0.0173. The Kier molecular flexibility index (Phi) is 8.39. The van der Waals surface area contributed by atoms with Crippen molar-refractivity contribution in [2.45, 2.75) is 0 Å². The summed E-state index contributed by atoms with van der Waals surface area (Å²) in [5.41, 5.74) is -0.341. The quantitative estimate of drug-likeness (QED) is 0.0721. The second kappa shape index (κ2) is 12.3. The summed E-state index contributed by atoms with van der Waals surface area (Å²) in [6.07, 6.45) is 0. The Labute approximate surface area is 226 Å². The molecule has 0 unspecified atom stereocenters. The van der Waals surface area contributed by atoms with E-state index in [0.717, 1.165) is 12.1 Å². The number of nitro groups is 1. The number of phenols is 1. The molecule has 204 valence electrons. The Balaban J connectivity index is 1.41. The molecule has 0 bridgehead atoms. The van der Waals surface area contributed by atoms with Crippen LogP contribution in [0.5, 0.6) is 23.0 Å². The fourth-order valence-electron chi connectivity index (χ4n) is 3.55. The van der Waals surface area contributed by atoms with Crippen molar-refractivity contribution in [1.29, 1.82) is 0 Å². The normalized spacial score (nSPS) is 10.4. The number of phenolic OH excluding ortho intramolecular Hbond substituents is 1. The van der Waals surface area contributed by atoms with Gasteiger partial charge in [-0.3, -0.25) is 14.9 Å². The number of carbonyl (C=O) groups excluding carboxylic acids is 2. The number of nitro benzene ring substituents is 1. The third-order valence-corrected chi connectivity index (χ3v) is 5.45. The van der Waals surface area contributed by atoms with Gasteiger partial charge in [-0.05, 0) is 24.3 Å². The van der Waals surface area contributed by atoms with E-state index >= 15 is 0 Å². The van der Waals surface area contributed by atoms with Gasteiger partial charge >= 0.3 is 5.97 Å². The van der Waals surface area contributed by atoms with Gasteiger partial charge in [0.15, 0.2) is 11.5 Å². The lowest BCUT2D eigenvalue weighted by Crippen LogP contribution is -2.21. The number of benzene rings is 3. The van der Waals surface area contributed by atoms with Gasteiger partial charge in [0.05, 0.1) is 36.3 Å². The first-order chi connectivity index (χ1) is 19.3. The lowest BCUT2D eigenvalue weighted by Gasteiger charge is -2.11. The molecule has 14 heteroatoms. The highest BCUT2D eigenvalue weighted by molar-refractivity contribution is 6.41. The van der Waals surface area contributed by atoms with E-state index in [1.54, 1.807) is 42.5 Å². The van der Waals surface area contributed by atoms with Crippen LogP contribution < -0.4 is 14.2 Å². The van der Waals surface area contributed by atoms with E-state index in [1.165, 1.54) is 20.3 Å². The molecule has 14 nitrogen and oxygen atoms in total. The van der Waals surface area contributed by atoms with Crippen LogP contribution in [0.4, 0.5) is 5.69 Å². The molecule has 1 N–H and O–H groups in total. The van der Waals surface area contributed by atoms with Gasteiger partial charge < -0.3 is 24.1 Å². The van der Waals surface area contributed by atoms with E-state index in [-0.39, 0.29) is 42.1 Å². The Morgan fingerprint density at radius 3 is 2.02 bits per heavy atom. The Morgan fingerprint density at radius 1 is 0.825 bits per heavy atom. The molecule has 0 aliphatic carbocycles. The summed E-state index contributed by atoms with van der Waals surface area (Å²) < 4.78 is 20.7. The molecule has 3 aromatic carbocycles. The first kappa shape index (κ1) is 27.4. The first-order valence-electron chi connectivity index (χ1n) is 11.5. The average Bonchev–Trinajstić information content (AvgIpc) is 2.98. The van der Waals surface area contributed by atoms with Crippen LogP contribution in [0.3, 0.4) is 0 Å². The smallest absolute Gasteiger partial charge is 0.380 e. The van der Waals surface area contributed by atoms with Crippen molar-refractivity contribution in [3.8, 4) is 45.8 Å². The van der Waals surface area contributed by atoms with Crippen molar-refractivity contribution < 1.29 is 38.6 Å². The molecule has 0 aliphatic heterocycles. The van der Waals surface area contributed by atoms with E-state index < -0.39 is 27.9 Å². The highest BCUT2D eigenvalue weighted by Crippen LogP contribution is 2.35. The monoisotopic (exact) mass is 547 g/mol.